The first-order chi connectivity index (χ1) is 16.5. The third-order valence-corrected chi connectivity index (χ3v) is 6.38. The van der Waals surface area contributed by atoms with Crippen LogP contribution in [0.1, 0.15) is 22.9 Å². The lowest BCUT2D eigenvalue weighted by Crippen LogP contribution is -2.49. The highest BCUT2D eigenvalue weighted by Crippen LogP contribution is 2.35. The van der Waals surface area contributed by atoms with Crippen LogP contribution < -0.4 is 15.2 Å². The summed E-state index contributed by atoms with van der Waals surface area (Å²) in [6, 6.07) is 14.9. The Morgan fingerprint density at radius 2 is 1.85 bits per heavy atom. The molecule has 34 heavy (non-hydrogen) atoms. The number of aryl methyl sites for hydroxylation is 1. The average Bonchev–Trinajstić information content (AvgIpc) is 2.87. The minimum absolute atomic E-state index is 0.0103. The molecule has 1 aliphatic heterocycles. The van der Waals surface area contributed by atoms with Crippen LogP contribution in [-0.2, 0) is 11.3 Å². The fourth-order valence-corrected chi connectivity index (χ4v) is 4.61. The molecular formula is C26H32N4O4. The molecule has 0 bridgehead atoms. The molecule has 0 unspecified atom stereocenters. The van der Waals surface area contributed by atoms with Gasteiger partial charge in [0, 0.05) is 51.7 Å². The molecule has 1 aliphatic rings. The second kappa shape index (κ2) is 10.7. The molecule has 3 heterocycles. The Bertz CT molecular complexity index is 1160. The maximum absolute atomic E-state index is 13.7. The number of pyridine rings is 2. The second-order valence-electron chi connectivity index (χ2n) is 8.42. The van der Waals surface area contributed by atoms with Crippen LogP contribution in [0.3, 0.4) is 0 Å². The summed E-state index contributed by atoms with van der Waals surface area (Å²) in [5.41, 5.74) is 1.78. The Labute approximate surface area is 200 Å². The molecule has 1 atom stereocenters. The number of ether oxygens (including phenoxy) is 2. The standard InChI is InChI=1S/C26H32N4O4/c1-19-17-22(31)24(26(32)30(19)15-16-33-2)25(20-7-6-8-21(18-20)34-3)29-13-11-28(12-14-29)23-9-4-5-10-27-23/h4-10,17-18,25,31H,11-16H2,1-3H3/t25-/m0/s1. The third-order valence-electron chi connectivity index (χ3n) is 6.38. The van der Waals surface area contributed by atoms with Crippen molar-refractivity contribution in [2.45, 2.75) is 19.5 Å². The number of aromatic hydroxyl groups is 1. The molecule has 0 amide bonds. The monoisotopic (exact) mass is 464 g/mol. The van der Waals surface area contributed by atoms with E-state index in [9.17, 15) is 9.90 Å². The molecule has 1 aromatic carbocycles. The Hall–Kier alpha value is -3.36. The minimum Gasteiger partial charge on any atom is -0.507 e. The van der Waals surface area contributed by atoms with E-state index in [0.29, 0.717) is 43.2 Å². The van der Waals surface area contributed by atoms with E-state index in [1.165, 1.54) is 0 Å². The lowest BCUT2D eigenvalue weighted by molar-refractivity contribution is 0.183. The molecule has 4 rings (SSSR count). The molecule has 0 radical (unpaired) electrons. The normalized spacial score (nSPS) is 15.3. The highest BCUT2D eigenvalue weighted by atomic mass is 16.5. The molecule has 2 aromatic heterocycles. The Balaban J connectivity index is 1.74. The van der Waals surface area contributed by atoms with Crippen LogP contribution in [0.4, 0.5) is 5.82 Å². The van der Waals surface area contributed by atoms with Crippen molar-refractivity contribution in [2.24, 2.45) is 0 Å². The van der Waals surface area contributed by atoms with Gasteiger partial charge in [-0.15, -0.1) is 0 Å². The van der Waals surface area contributed by atoms with Gasteiger partial charge in [0.1, 0.15) is 17.3 Å². The van der Waals surface area contributed by atoms with E-state index in [-0.39, 0.29) is 11.3 Å². The molecule has 8 nitrogen and oxygen atoms in total. The summed E-state index contributed by atoms with van der Waals surface area (Å²) < 4.78 is 12.3. The molecule has 3 aromatic rings. The number of hydrogen-bond donors (Lipinski definition) is 1. The van der Waals surface area contributed by atoms with Crippen LogP contribution in [0, 0.1) is 6.92 Å². The zero-order valence-corrected chi connectivity index (χ0v) is 20.0. The first kappa shape index (κ1) is 23.8. The summed E-state index contributed by atoms with van der Waals surface area (Å²) in [6.45, 7) is 5.62. The van der Waals surface area contributed by atoms with Crippen LogP contribution in [0.25, 0.3) is 0 Å². The summed E-state index contributed by atoms with van der Waals surface area (Å²) in [5.74, 6) is 1.66. The number of hydrogen-bond acceptors (Lipinski definition) is 7. The van der Waals surface area contributed by atoms with Crippen LogP contribution in [0.2, 0.25) is 0 Å². The molecule has 1 saturated heterocycles. The first-order valence-electron chi connectivity index (χ1n) is 11.5. The fourth-order valence-electron chi connectivity index (χ4n) is 4.61. The van der Waals surface area contributed by atoms with Crippen molar-refractivity contribution in [3.05, 3.63) is 81.9 Å². The van der Waals surface area contributed by atoms with Crippen LogP contribution in [-0.4, -0.2) is 66.6 Å². The number of anilines is 1. The topological polar surface area (TPSA) is 80.1 Å². The number of aromatic nitrogens is 2. The second-order valence-corrected chi connectivity index (χ2v) is 8.42. The predicted octanol–water partition coefficient (Wildman–Crippen LogP) is 2.82. The van der Waals surface area contributed by atoms with E-state index in [1.54, 1.807) is 31.0 Å². The van der Waals surface area contributed by atoms with Gasteiger partial charge in [0.05, 0.1) is 25.3 Å². The molecule has 1 fully saturated rings. The lowest BCUT2D eigenvalue weighted by atomic mass is 9.95. The quantitative estimate of drug-likeness (QED) is 0.549. The largest absolute Gasteiger partial charge is 0.507 e. The van der Waals surface area contributed by atoms with Crippen molar-refractivity contribution in [3.8, 4) is 11.5 Å². The van der Waals surface area contributed by atoms with Crippen molar-refractivity contribution >= 4 is 5.82 Å². The van der Waals surface area contributed by atoms with Crippen LogP contribution in [0.15, 0.2) is 59.5 Å². The number of nitrogens with zero attached hydrogens (tertiary/aromatic N) is 4. The lowest BCUT2D eigenvalue weighted by Gasteiger charge is -2.40. The molecule has 8 heteroatoms. The van der Waals surface area contributed by atoms with Crippen molar-refractivity contribution < 1.29 is 14.6 Å². The van der Waals surface area contributed by atoms with E-state index in [4.69, 9.17) is 9.47 Å². The maximum atomic E-state index is 13.7. The highest BCUT2D eigenvalue weighted by Gasteiger charge is 2.32. The van der Waals surface area contributed by atoms with Gasteiger partial charge in [-0.1, -0.05) is 18.2 Å². The summed E-state index contributed by atoms with van der Waals surface area (Å²) in [6.07, 6.45) is 1.80. The van der Waals surface area contributed by atoms with Crippen LogP contribution in [0.5, 0.6) is 11.5 Å². The number of piperazine rings is 1. The summed E-state index contributed by atoms with van der Waals surface area (Å²) in [7, 11) is 3.24. The maximum Gasteiger partial charge on any atom is 0.259 e. The molecule has 180 valence electrons. The van der Waals surface area contributed by atoms with Gasteiger partial charge >= 0.3 is 0 Å². The van der Waals surface area contributed by atoms with Crippen molar-refractivity contribution in [1.29, 1.82) is 0 Å². The van der Waals surface area contributed by atoms with Gasteiger partial charge in [0.15, 0.2) is 0 Å². The van der Waals surface area contributed by atoms with E-state index >= 15 is 0 Å². The van der Waals surface area contributed by atoms with Gasteiger partial charge in [0.2, 0.25) is 0 Å². The predicted molar refractivity (Wildman–Crippen MR) is 132 cm³/mol. The fraction of sp³-hybridized carbons (Fsp3) is 0.385. The number of methoxy groups -OCH3 is 2. The van der Waals surface area contributed by atoms with Gasteiger partial charge < -0.3 is 24.0 Å². The highest BCUT2D eigenvalue weighted by molar-refractivity contribution is 5.44. The van der Waals surface area contributed by atoms with Gasteiger partial charge in [0.25, 0.3) is 5.56 Å². The van der Waals surface area contributed by atoms with Crippen molar-refractivity contribution in [1.82, 2.24) is 14.5 Å². The number of rotatable bonds is 8. The van der Waals surface area contributed by atoms with E-state index in [0.717, 1.165) is 24.5 Å². The van der Waals surface area contributed by atoms with Gasteiger partial charge in [-0.25, -0.2) is 4.98 Å². The Kier molecular flexibility index (Phi) is 7.49. The Morgan fingerprint density at radius 1 is 1.06 bits per heavy atom. The molecule has 0 saturated carbocycles. The zero-order valence-electron chi connectivity index (χ0n) is 20.0. The zero-order chi connectivity index (χ0) is 24.1. The molecule has 0 aliphatic carbocycles. The van der Waals surface area contributed by atoms with Crippen molar-refractivity contribution in [3.63, 3.8) is 0 Å². The molecular weight excluding hydrogens is 432 g/mol. The summed E-state index contributed by atoms with van der Waals surface area (Å²) in [5, 5.41) is 11.0. The van der Waals surface area contributed by atoms with E-state index < -0.39 is 6.04 Å². The number of benzene rings is 1. The first-order valence-corrected chi connectivity index (χ1v) is 11.5. The third kappa shape index (κ3) is 4.93. The minimum atomic E-state index is -0.414. The van der Waals surface area contributed by atoms with Crippen LogP contribution >= 0.6 is 0 Å². The van der Waals surface area contributed by atoms with Gasteiger partial charge in [-0.05, 0) is 42.8 Å². The smallest absolute Gasteiger partial charge is 0.259 e. The summed E-state index contributed by atoms with van der Waals surface area (Å²) in [4.78, 5) is 22.7. The Morgan fingerprint density at radius 3 is 2.53 bits per heavy atom. The SMILES string of the molecule is COCCn1c(C)cc(O)c([C@H](c2cccc(OC)c2)N2CCN(c3ccccn3)CC2)c1=O. The van der Waals surface area contributed by atoms with E-state index in [2.05, 4.69) is 14.8 Å². The van der Waals surface area contributed by atoms with Gasteiger partial charge in [-0.2, -0.15) is 0 Å². The van der Waals surface area contributed by atoms with Crippen molar-refractivity contribution in [2.75, 3.05) is 51.9 Å². The molecule has 1 N–H and O–H groups in total. The average molecular weight is 465 g/mol. The molecule has 0 spiro atoms. The van der Waals surface area contributed by atoms with E-state index in [1.807, 2.05) is 49.4 Å². The summed E-state index contributed by atoms with van der Waals surface area (Å²) >= 11 is 0. The van der Waals surface area contributed by atoms with Gasteiger partial charge in [-0.3, -0.25) is 9.69 Å².